The second-order valence-electron chi connectivity index (χ2n) is 5.97. The van der Waals surface area contributed by atoms with Crippen molar-refractivity contribution in [1.82, 2.24) is 0 Å². The third-order valence-corrected chi connectivity index (χ3v) is 5.30. The maximum absolute atomic E-state index is 2.48. The van der Waals surface area contributed by atoms with Crippen molar-refractivity contribution in [1.29, 1.82) is 0 Å². The van der Waals surface area contributed by atoms with Gasteiger partial charge in [0.15, 0.2) is 0 Å². The summed E-state index contributed by atoms with van der Waals surface area (Å²) in [5.74, 6) is 5.85. The summed E-state index contributed by atoms with van der Waals surface area (Å²) in [4.78, 5) is 0. The molecule has 0 N–H and O–H groups in total. The van der Waals surface area contributed by atoms with Gasteiger partial charge in [0, 0.05) is 0 Å². The normalized spacial score (nSPS) is 46.5. The molecule has 0 spiro atoms. The molecule has 0 aliphatic heterocycles. The Balaban J connectivity index is 2.00. The molecule has 6 atom stereocenters. The largest absolute Gasteiger partial charge is 0.0885 e. The van der Waals surface area contributed by atoms with Gasteiger partial charge < -0.3 is 0 Å². The van der Waals surface area contributed by atoms with Crippen LogP contribution in [0.3, 0.4) is 0 Å². The Morgan fingerprint density at radius 1 is 1.20 bits per heavy atom. The van der Waals surface area contributed by atoms with E-state index in [-0.39, 0.29) is 0 Å². The first-order valence-electron chi connectivity index (χ1n) is 6.81. The Morgan fingerprint density at radius 2 is 1.93 bits per heavy atom. The van der Waals surface area contributed by atoms with Gasteiger partial charge in [0.05, 0.1) is 0 Å². The van der Waals surface area contributed by atoms with E-state index in [1.165, 1.54) is 19.3 Å². The number of allylic oxidation sites excluding steroid dienone is 2. The molecule has 2 fully saturated rings. The molecular weight excluding hydrogens is 180 g/mol. The van der Waals surface area contributed by atoms with Crippen LogP contribution in [0.5, 0.6) is 0 Å². The first-order valence-corrected chi connectivity index (χ1v) is 6.81. The summed E-state index contributed by atoms with van der Waals surface area (Å²) in [5.41, 5.74) is 0. The van der Waals surface area contributed by atoms with Crippen molar-refractivity contribution < 1.29 is 0 Å². The summed E-state index contributed by atoms with van der Waals surface area (Å²) in [6.07, 6.45) is 9.04. The van der Waals surface area contributed by atoms with E-state index in [2.05, 4.69) is 39.8 Å². The van der Waals surface area contributed by atoms with E-state index in [0.717, 1.165) is 35.5 Å². The van der Waals surface area contributed by atoms with Gasteiger partial charge in [0.2, 0.25) is 0 Å². The Labute approximate surface area is 95.1 Å². The highest BCUT2D eigenvalue weighted by Crippen LogP contribution is 2.57. The summed E-state index contributed by atoms with van der Waals surface area (Å²) >= 11 is 0. The van der Waals surface area contributed by atoms with Gasteiger partial charge in [-0.15, -0.1) is 0 Å². The summed E-state index contributed by atoms with van der Waals surface area (Å²) in [5, 5.41) is 0. The SMILES string of the molecule is CCC=CC(C)C1CC2CC1C(C)C2C. The quantitative estimate of drug-likeness (QED) is 0.596. The summed E-state index contributed by atoms with van der Waals surface area (Å²) in [6, 6.07) is 0. The third kappa shape index (κ3) is 1.88. The fraction of sp³-hybridized carbons (Fsp3) is 0.867. The smallest absolute Gasteiger partial charge is 0.0231 e. The lowest BCUT2D eigenvalue weighted by Gasteiger charge is -2.34. The predicted molar refractivity (Wildman–Crippen MR) is 66.6 cm³/mol. The van der Waals surface area contributed by atoms with Crippen LogP contribution in [-0.2, 0) is 0 Å². The van der Waals surface area contributed by atoms with Crippen LogP contribution in [0.25, 0.3) is 0 Å². The van der Waals surface area contributed by atoms with Crippen molar-refractivity contribution in [3.63, 3.8) is 0 Å². The Morgan fingerprint density at radius 3 is 2.47 bits per heavy atom. The highest BCUT2D eigenvalue weighted by Gasteiger charge is 2.49. The van der Waals surface area contributed by atoms with E-state index in [0.29, 0.717) is 0 Å². The van der Waals surface area contributed by atoms with Crippen LogP contribution in [0.15, 0.2) is 12.2 Å². The average molecular weight is 206 g/mol. The number of hydrogen-bond donors (Lipinski definition) is 0. The molecule has 86 valence electrons. The highest BCUT2D eigenvalue weighted by atomic mass is 14.5. The molecule has 6 unspecified atom stereocenters. The molecule has 0 nitrogen and oxygen atoms in total. The molecule has 0 heterocycles. The lowest BCUT2D eigenvalue weighted by Crippen LogP contribution is -2.27. The van der Waals surface area contributed by atoms with Crippen molar-refractivity contribution in [2.45, 2.75) is 47.0 Å². The van der Waals surface area contributed by atoms with Crippen molar-refractivity contribution in [2.24, 2.45) is 35.5 Å². The highest BCUT2D eigenvalue weighted by molar-refractivity contribution is 5.02. The zero-order chi connectivity index (χ0) is 11.0. The van der Waals surface area contributed by atoms with E-state index >= 15 is 0 Å². The zero-order valence-electron chi connectivity index (χ0n) is 10.7. The van der Waals surface area contributed by atoms with Crippen molar-refractivity contribution in [3.8, 4) is 0 Å². The van der Waals surface area contributed by atoms with Gasteiger partial charge in [0.25, 0.3) is 0 Å². The number of rotatable bonds is 3. The van der Waals surface area contributed by atoms with E-state index in [1.54, 1.807) is 0 Å². The predicted octanol–water partition coefficient (Wildman–Crippen LogP) is 4.52. The molecule has 0 radical (unpaired) electrons. The number of hydrogen-bond acceptors (Lipinski definition) is 0. The van der Waals surface area contributed by atoms with E-state index in [1.807, 2.05) is 0 Å². The topological polar surface area (TPSA) is 0 Å². The van der Waals surface area contributed by atoms with Crippen LogP contribution >= 0.6 is 0 Å². The van der Waals surface area contributed by atoms with Gasteiger partial charge in [-0.1, -0.05) is 39.8 Å². The van der Waals surface area contributed by atoms with E-state index in [9.17, 15) is 0 Å². The molecule has 0 aromatic carbocycles. The molecule has 0 aromatic rings. The van der Waals surface area contributed by atoms with Crippen LogP contribution < -0.4 is 0 Å². The maximum atomic E-state index is 2.48. The van der Waals surface area contributed by atoms with Gasteiger partial charge in [-0.05, 0) is 54.8 Å². The standard InChI is InChI=1S/C15H26/c1-5-6-7-10(2)14-8-13-9-15(14)12(4)11(13)3/h6-7,10-15H,5,8-9H2,1-4H3. The molecule has 0 amide bonds. The summed E-state index contributed by atoms with van der Waals surface area (Å²) in [6.45, 7) is 9.61. The van der Waals surface area contributed by atoms with Crippen molar-refractivity contribution in [2.75, 3.05) is 0 Å². The lowest BCUT2D eigenvalue weighted by molar-refractivity contribution is 0.162. The van der Waals surface area contributed by atoms with Crippen molar-refractivity contribution in [3.05, 3.63) is 12.2 Å². The summed E-state index contributed by atoms with van der Waals surface area (Å²) < 4.78 is 0. The Kier molecular flexibility index (Phi) is 3.23. The lowest BCUT2D eigenvalue weighted by atomic mass is 9.71. The van der Waals surface area contributed by atoms with Gasteiger partial charge >= 0.3 is 0 Å². The first-order chi connectivity index (χ1) is 7.15. The third-order valence-electron chi connectivity index (χ3n) is 5.30. The van der Waals surface area contributed by atoms with Crippen molar-refractivity contribution >= 4 is 0 Å². The van der Waals surface area contributed by atoms with Crippen LogP contribution in [0.1, 0.15) is 47.0 Å². The number of fused-ring (bicyclic) bond motifs is 2. The molecule has 0 aromatic heterocycles. The van der Waals surface area contributed by atoms with E-state index < -0.39 is 0 Å². The fourth-order valence-electron chi connectivity index (χ4n) is 4.10. The molecule has 2 aliphatic carbocycles. The fourth-order valence-corrected chi connectivity index (χ4v) is 4.10. The van der Waals surface area contributed by atoms with E-state index in [4.69, 9.17) is 0 Å². The molecule has 2 bridgehead atoms. The van der Waals surface area contributed by atoms with Crippen LogP contribution in [0.2, 0.25) is 0 Å². The minimum atomic E-state index is 0.815. The first kappa shape index (κ1) is 11.2. The van der Waals surface area contributed by atoms with Gasteiger partial charge in [-0.2, -0.15) is 0 Å². The van der Waals surface area contributed by atoms with Gasteiger partial charge in [-0.25, -0.2) is 0 Å². The second kappa shape index (κ2) is 4.31. The Hall–Kier alpha value is -0.260. The molecule has 2 aliphatic rings. The molecule has 0 heteroatoms. The monoisotopic (exact) mass is 206 g/mol. The maximum Gasteiger partial charge on any atom is -0.0231 e. The second-order valence-corrected chi connectivity index (χ2v) is 5.97. The van der Waals surface area contributed by atoms with Crippen LogP contribution in [0.4, 0.5) is 0 Å². The summed E-state index contributed by atoms with van der Waals surface area (Å²) in [7, 11) is 0. The molecule has 0 saturated heterocycles. The minimum Gasteiger partial charge on any atom is -0.0885 e. The molecule has 15 heavy (non-hydrogen) atoms. The van der Waals surface area contributed by atoms with Gasteiger partial charge in [0.1, 0.15) is 0 Å². The zero-order valence-corrected chi connectivity index (χ0v) is 10.7. The van der Waals surface area contributed by atoms with Crippen LogP contribution in [-0.4, -0.2) is 0 Å². The van der Waals surface area contributed by atoms with Gasteiger partial charge in [-0.3, -0.25) is 0 Å². The molecule has 2 saturated carbocycles. The Bertz CT molecular complexity index is 238. The molecular formula is C15H26. The van der Waals surface area contributed by atoms with Crippen LogP contribution in [0, 0.1) is 35.5 Å². The molecule has 2 rings (SSSR count). The minimum absolute atomic E-state index is 0.815. The average Bonchev–Trinajstić information content (AvgIpc) is 2.77.